The number of aryl methyl sites for hydroxylation is 1. The van der Waals surface area contributed by atoms with Crippen LogP contribution in [-0.4, -0.2) is 4.99 Å². The fraction of sp³-hybridized carbons (Fsp3) is 0.214. The van der Waals surface area contributed by atoms with Crippen LogP contribution < -0.4 is 11.1 Å². The van der Waals surface area contributed by atoms with Crippen LogP contribution in [0.3, 0.4) is 0 Å². The number of furan rings is 1. The Morgan fingerprint density at radius 1 is 1.37 bits per heavy atom. The normalized spacial score (nSPS) is 12.2. The van der Waals surface area contributed by atoms with E-state index in [1.807, 2.05) is 26.0 Å². The fourth-order valence-electron chi connectivity index (χ4n) is 1.81. The van der Waals surface area contributed by atoms with Gasteiger partial charge in [0.2, 0.25) is 0 Å². The van der Waals surface area contributed by atoms with Crippen LogP contribution in [0.25, 0.3) is 0 Å². The average Bonchev–Trinajstić information content (AvgIpc) is 2.75. The first-order chi connectivity index (χ1) is 8.97. The maximum Gasteiger partial charge on any atom is 0.135 e. The van der Waals surface area contributed by atoms with E-state index in [-0.39, 0.29) is 16.6 Å². The average molecular weight is 278 g/mol. The van der Waals surface area contributed by atoms with Gasteiger partial charge in [0.25, 0.3) is 0 Å². The van der Waals surface area contributed by atoms with Crippen molar-refractivity contribution < 1.29 is 8.81 Å². The first-order valence-electron chi connectivity index (χ1n) is 5.89. The van der Waals surface area contributed by atoms with Crippen LogP contribution in [0.5, 0.6) is 0 Å². The summed E-state index contributed by atoms with van der Waals surface area (Å²) < 4.78 is 19.2. The Balaban J connectivity index is 2.15. The zero-order chi connectivity index (χ0) is 14.0. The highest BCUT2D eigenvalue weighted by Crippen LogP contribution is 2.22. The SMILES string of the molecule is Cc1ccc(C(C)Nc2ccc(C(N)=S)c(F)c2)o1. The molecule has 2 aromatic rings. The second-order valence-electron chi connectivity index (χ2n) is 4.37. The quantitative estimate of drug-likeness (QED) is 0.840. The second kappa shape index (κ2) is 5.40. The van der Waals surface area contributed by atoms with Gasteiger partial charge in [-0.1, -0.05) is 12.2 Å². The monoisotopic (exact) mass is 278 g/mol. The number of halogens is 1. The van der Waals surface area contributed by atoms with E-state index >= 15 is 0 Å². The number of anilines is 1. The molecule has 0 bridgehead atoms. The van der Waals surface area contributed by atoms with E-state index in [0.29, 0.717) is 5.69 Å². The molecule has 3 N–H and O–H groups in total. The summed E-state index contributed by atoms with van der Waals surface area (Å²) in [7, 11) is 0. The predicted octanol–water partition coefficient (Wildman–Crippen LogP) is 3.53. The van der Waals surface area contributed by atoms with Crippen LogP contribution in [0.1, 0.15) is 30.0 Å². The Hall–Kier alpha value is -1.88. The maximum atomic E-state index is 13.7. The molecule has 0 fully saturated rings. The second-order valence-corrected chi connectivity index (χ2v) is 4.81. The number of rotatable bonds is 4. The van der Waals surface area contributed by atoms with Gasteiger partial charge in [-0.25, -0.2) is 4.39 Å². The molecule has 100 valence electrons. The molecule has 0 aliphatic rings. The van der Waals surface area contributed by atoms with Crippen molar-refractivity contribution in [3.63, 3.8) is 0 Å². The first-order valence-corrected chi connectivity index (χ1v) is 6.30. The number of thiocarbonyl (C=S) groups is 1. The molecule has 0 aliphatic carbocycles. The summed E-state index contributed by atoms with van der Waals surface area (Å²) in [4.78, 5) is 0.0544. The van der Waals surface area contributed by atoms with Crippen LogP contribution in [0.4, 0.5) is 10.1 Å². The van der Waals surface area contributed by atoms with Gasteiger partial charge in [0.05, 0.1) is 6.04 Å². The minimum atomic E-state index is -0.430. The summed E-state index contributed by atoms with van der Waals surface area (Å²) in [5.74, 6) is 1.22. The van der Waals surface area contributed by atoms with Crippen molar-refractivity contribution in [2.45, 2.75) is 19.9 Å². The zero-order valence-corrected chi connectivity index (χ0v) is 11.6. The molecule has 0 saturated heterocycles. The Bertz CT molecular complexity index is 609. The van der Waals surface area contributed by atoms with E-state index < -0.39 is 5.82 Å². The van der Waals surface area contributed by atoms with Crippen molar-refractivity contribution in [1.82, 2.24) is 0 Å². The third kappa shape index (κ3) is 3.12. The van der Waals surface area contributed by atoms with Crippen molar-refractivity contribution in [2.24, 2.45) is 5.73 Å². The van der Waals surface area contributed by atoms with Crippen LogP contribution in [0.2, 0.25) is 0 Å². The summed E-state index contributed by atoms with van der Waals surface area (Å²) in [6, 6.07) is 8.42. The molecule has 2 rings (SSSR count). The highest BCUT2D eigenvalue weighted by molar-refractivity contribution is 7.80. The molecule has 1 atom stereocenters. The van der Waals surface area contributed by atoms with Crippen LogP contribution in [0.15, 0.2) is 34.7 Å². The zero-order valence-electron chi connectivity index (χ0n) is 10.7. The third-order valence-corrected chi connectivity index (χ3v) is 3.03. The molecular formula is C14H15FN2OS. The lowest BCUT2D eigenvalue weighted by Gasteiger charge is -2.13. The summed E-state index contributed by atoms with van der Waals surface area (Å²) in [6.45, 7) is 3.82. The van der Waals surface area contributed by atoms with Crippen LogP contribution in [-0.2, 0) is 0 Å². The third-order valence-electron chi connectivity index (χ3n) is 2.81. The lowest BCUT2D eigenvalue weighted by Crippen LogP contribution is -2.12. The Morgan fingerprint density at radius 2 is 2.11 bits per heavy atom. The van der Waals surface area contributed by atoms with E-state index in [1.54, 1.807) is 12.1 Å². The number of nitrogens with one attached hydrogen (secondary N) is 1. The minimum Gasteiger partial charge on any atom is -0.464 e. The molecule has 0 spiro atoms. The molecule has 0 radical (unpaired) electrons. The molecule has 0 amide bonds. The van der Waals surface area contributed by atoms with E-state index in [2.05, 4.69) is 5.32 Å². The molecule has 5 heteroatoms. The van der Waals surface area contributed by atoms with Crippen molar-refractivity contribution >= 4 is 22.9 Å². The Kier molecular flexibility index (Phi) is 3.85. The molecule has 0 saturated carbocycles. The van der Waals surface area contributed by atoms with Crippen molar-refractivity contribution in [1.29, 1.82) is 0 Å². The van der Waals surface area contributed by atoms with E-state index in [4.69, 9.17) is 22.4 Å². The van der Waals surface area contributed by atoms with Crippen molar-refractivity contribution in [3.8, 4) is 0 Å². The minimum absolute atomic E-state index is 0.0521. The smallest absolute Gasteiger partial charge is 0.135 e. The molecule has 19 heavy (non-hydrogen) atoms. The molecule has 1 aromatic carbocycles. The van der Waals surface area contributed by atoms with E-state index in [9.17, 15) is 4.39 Å². The van der Waals surface area contributed by atoms with Crippen molar-refractivity contribution in [3.05, 3.63) is 53.2 Å². The molecule has 0 aliphatic heterocycles. The van der Waals surface area contributed by atoms with Gasteiger partial charge in [-0.15, -0.1) is 0 Å². The van der Waals surface area contributed by atoms with Gasteiger partial charge in [-0.2, -0.15) is 0 Å². The molecule has 1 heterocycles. The first kappa shape index (κ1) is 13.5. The van der Waals surface area contributed by atoms with Crippen LogP contribution >= 0.6 is 12.2 Å². The van der Waals surface area contributed by atoms with Crippen LogP contribution in [0, 0.1) is 12.7 Å². The number of hydrogen-bond donors (Lipinski definition) is 2. The molecular weight excluding hydrogens is 263 g/mol. The molecule has 1 unspecified atom stereocenters. The topological polar surface area (TPSA) is 51.2 Å². The highest BCUT2D eigenvalue weighted by Gasteiger charge is 2.11. The van der Waals surface area contributed by atoms with Gasteiger partial charge in [0, 0.05) is 11.3 Å². The summed E-state index contributed by atoms with van der Waals surface area (Å²) in [6.07, 6.45) is 0. The Morgan fingerprint density at radius 3 is 2.63 bits per heavy atom. The van der Waals surface area contributed by atoms with Crippen molar-refractivity contribution in [2.75, 3.05) is 5.32 Å². The van der Waals surface area contributed by atoms with E-state index in [0.717, 1.165) is 11.5 Å². The van der Waals surface area contributed by atoms with Gasteiger partial charge in [0.15, 0.2) is 0 Å². The lowest BCUT2D eigenvalue weighted by molar-refractivity contribution is 0.467. The van der Waals surface area contributed by atoms with E-state index in [1.165, 1.54) is 6.07 Å². The van der Waals surface area contributed by atoms with Gasteiger partial charge in [-0.3, -0.25) is 0 Å². The predicted molar refractivity (Wildman–Crippen MR) is 77.8 cm³/mol. The van der Waals surface area contributed by atoms with Gasteiger partial charge in [-0.05, 0) is 44.2 Å². The largest absolute Gasteiger partial charge is 0.464 e. The van der Waals surface area contributed by atoms with Gasteiger partial charge in [0.1, 0.15) is 22.3 Å². The maximum absolute atomic E-state index is 13.7. The number of nitrogens with two attached hydrogens (primary N) is 1. The standard InChI is InChI=1S/C14H15FN2OS/c1-8-3-6-13(18-8)9(2)17-10-4-5-11(14(16)19)12(15)7-10/h3-7,9,17H,1-2H3,(H2,16,19). The number of benzene rings is 1. The Labute approximate surface area is 116 Å². The fourth-order valence-corrected chi connectivity index (χ4v) is 1.98. The van der Waals surface area contributed by atoms with Gasteiger partial charge >= 0.3 is 0 Å². The lowest BCUT2D eigenvalue weighted by atomic mass is 10.1. The molecule has 3 nitrogen and oxygen atoms in total. The number of hydrogen-bond acceptors (Lipinski definition) is 3. The summed E-state index contributed by atoms with van der Waals surface area (Å²) >= 11 is 4.76. The summed E-state index contributed by atoms with van der Waals surface area (Å²) in [5, 5.41) is 3.16. The van der Waals surface area contributed by atoms with Gasteiger partial charge < -0.3 is 15.5 Å². The molecule has 1 aromatic heterocycles. The summed E-state index contributed by atoms with van der Waals surface area (Å²) in [5.41, 5.74) is 6.32. The highest BCUT2D eigenvalue weighted by atomic mass is 32.1.